The monoisotopic (exact) mass is 299 g/mol. The molecule has 0 spiro atoms. The second-order valence-corrected chi connectivity index (χ2v) is 7.29. The molecule has 3 rings (SSSR count). The Morgan fingerprint density at radius 2 is 2.14 bits per heavy atom. The Labute approximate surface area is 130 Å². The molecule has 4 heteroatoms. The Morgan fingerprint density at radius 1 is 1.38 bits per heavy atom. The van der Waals surface area contributed by atoms with Crippen molar-refractivity contribution < 1.29 is 0 Å². The summed E-state index contributed by atoms with van der Waals surface area (Å²) in [5.41, 5.74) is 2.81. The molecule has 0 bridgehead atoms. The maximum Gasteiger partial charge on any atom is 0.110 e. The van der Waals surface area contributed by atoms with Crippen LogP contribution in [-0.2, 0) is 6.42 Å². The van der Waals surface area contributed by atoms with Crippen LogP contribution in [0.3, 0.4) is 0 Å². The van der Waals surface area contributed by atoms with Crippen molar-refractivity contribution in [2.24, 2.45) is 5.92 Å². The lowest BCUT2D eigenvalue weighted by atomic mass is 9.98. The van der Waals surface area contributed by atoms with Crippen LogP contribution in [0.4, 0.5) is 0 Å². The zero-order chi connectivity index (χ0) is 14.8. The molecule has 110 valence electrons. The molecule has 1 saturated heterocycles. The minimum absolute atomic E-state index is 0.399. The molecule has 1 aliphatic rings. The van der Waals surface area contributed by atoms with Crippen molar-refractivity contribution >= 4 is 22.8 Å². The van der Waals surface area contributed by atoms with Gasteiger partial charge in [-0.25, -0.2) is 4.98 Å². The topological polar surface area (TPSA) is 41.6 Å². The molecule has 0 aliphatic carbocycles. The largest absolute Gasteiger partial charge is 0.325 e. The van der Waals surface area contributed by atoms with Crippen molar-refractivity contribution in [3.8, 4) is 6.07 Å². The molecule has 0 radical (unpaired) electrons. The van der Waals surface area contributed by atoms with Crippen LogP contribution < -0.4 is 0 Å². The van der Waals surface area contributed by atoms with E-state index in [9.17, 15) is 0 Å². The number of hydrogen-bond donors (Lipinski definition) is 0. The summed E-state index contributed by atoms with van der Waals surface area (Å²) in [6, 6.07) is 8.45. The van der Waals surface area contributed by atoms with Gasteiger partial charge in [-0.2, -0.15) is 17.0 Å². The third-order valence-corrected chi connectivity index (χ3v) is 5.27. The number of nitrogens with zero attached hydrogens (tertiary/aromatic N) is 3. The highest BCUT2D eigenvalue weighted by atomic mass is 32.2. The molecule has 1 aromatic carbocycles. The van der Waals surface area contributed by atoms with E-state index >= 15 is 0 Å². The predicted molar refractivity (Wildman–Crippen MR) is 88.6 cm³/mol. The molecular formula is C17H21N3S. The van der Waals surface area contributed by atoms with E-state index in [2.05, 4.69) is 36.2 Å². The summed E-state index contributed by atoms with van der Waals surface area (Å²) in [4.78, 5) is 4.84. The van der Waals surface area contributed by atoms with Gasteiger partial charge in [0, 0.05) is 12.5 Å². The Kier molecular flexibility index (Phi) is 4.21. The summed E-state index contributed by atoms with van der Waals surface area (Å²) in [5, 5.41) is 9.06. The number of fused-ring (bicyclic) bond motifs is 1. The van der Waals surface area contributed by atoms with Gasteiger partial charge in [-0.05, 0) is 62.3 Å². The minimum Gasteiger partial charge on any atom is -0.325 e. The van der Waals surface area contributed by atoms with Gasteiger partial charge in [-0.3, -0.25) is 0 Å². The van der Waals surface area contributed by atoms with Crippen molar-refractivity contribution in [2.75, 3.05) is 11.5 Å². The van der Waals surface area contributed by atoms with Gasteiger partial charge in [0.25, 0.3) is 0 Å². The highest BCUT2D eigenvalue weighted by Crippen LogP contribution is 2.29. The van der Waals surface area contributed by atoms with Crippen LogP contribution in [0.25, 0.3) is 11.0 Å². The highest BCUT2D eigenvalue weighted by molar-refractivity contribution is 7.99. The zero-order valence-corrected chi connectivity index (χ0v) is 13.5. The number of nitriles is 1. The van der Waals surface area contributed by atoms with Gasteiger partial charge in [-0.1, -0.05) is 0 Å². The fourth-order valence-electron chi connectivity index (χ4n) is 3.15. The Morgan fingerprint density at radius 3 is 2.81 bits per heavy atom. The quantitative estimate of drug-likeness (QED) is 0.854. The van der Waals surface area contributed by atoms with Gasteiger partial charge in [0.2, 0.25) is 0 Å². The summed E-state index contributed by atoms with van der Waals surface area (Å²) in [7, 11) is 0. The summed E-state index contributed by atoms with van der Waals surface area (Å²) in [5.74, 6) is 4.51. The molecule has 0 atom stereocenters. The Bertz CT molecular complexity index is 675. The molecule has 1 aromatic heterocycles. The van der Waals surface area contributed by atoms with E-state index in [1.165, 1.54) is 30.2 Å². The molecule has 2 aromatic rings. The average molecular weight is 299 g/mol. The number of thioether (sulfide) groups is 1. The summed E-state index contributed by atoms with van der Waals surface area (Å²) in [6.07, 6.45) is 3.67. The van der Waals surface area contributed by atoms with Crippen molar-refractivity contribution in [3.63, 3.8) is 0 Å². The van der Waals surface area contributed by atoms with Crippen molar-refractivity contribution in [2.45, 2.75) is 39.2 Å². The molecule has 3 nitrogen and oxygen atoms in total. The fraction of sp³-hybridized carbons (Fsp3) is 0.529. The molecule has 0 amide bonds. The number of rotatable bonds is 3. The maximum absolute atomic E-state index is 9.06. The zero-order valence-electron chi connectivity index (χ0n) is 12.7. The van der Waals surface area contributed by atoms with E-state index in [1.807, 2.05) is 18.2 Å². The first kappa shape index (κ1) is 14.5. The third kappa shape index (κ3) is 2.94. The van der Waals surface area contributed by atoms with E-state index in [1.54, 1.807) is 0 Å². The van der Waals surface area contributed by atoms with Gasteiger partial charge in [0.1, 0.15) is 5.82 Å². The normalized spacial score (nSPS) is 16.5. The van der Waals surface area contributed by atoms with Crippen LogP contribution in [0.15, 0.2) is 18.2 Å². The maximum atomic E-state index is 9.06. The van der Waals surface area contributed by atoms with Crippen LogP contribution in [0.5, 0.6) is 0 Å². The van der Waals surface area contributed by atoms with Gasteiger partial charge < -0.3 is 4.57 Å². The SMILES string of the molecule is CC(C)n1c(CC2CCSCC2)nc2cc(C#N)ccc21. The average Bonchev–Trinajstić information content (AvgIpc) is 2.85. The van der Waals surface area contributed by atoms with E-state index in [0.717, 1.165) is 23.4 Å². The van der Waals surface area contributed by atoms with E-state index < -0.39 is 0 Å². The lowest BCUT2D eigenvalue weighted by Gasteiger charge is -2.22. The molecule has 2 heterocycles. The van der Waals surface area contributed by atoms with Crippen LogP contribution >= 0.6 is 11.8 Å². The first-order valence-electron chi connectivity index (χ1n) is 7.67. The first-order chi connectivity index (χ1) is 10.2. The van der Waals surface area contributed by atoms with Crippen molar-refractivity contribution in [3.05, 3.63) is 29.6 Å². The van der Waals surface area contributed by atoms with Gasteiger partial charge in [-0.15, -0.1) is 0 Å². The van der Waals surface area contributed by atoms with E-state index in [0.29, 0.717) is 11.6 Å². The van der Waals surface area contributed by atoms with Gasteiger partial charge >= 0.3 is 0 Å². The standard InChI is InChI=1S/C17H21N3S/c1-12(2)20-16-4-3-14(11-18)9-15(16)19-17(20)10-13-5-7-21-8-6-13/h3-4,9,12-13H,5-8,10H2,1-2H3. The Balaban J connectivity index is 1.99. The van der Waals surface area contributed by atoms with Crippen LogP contribution in [0.1, 0.15) is 44.1 Å². The van der Waals surface area contributed by atoms with E-state index in [4.69, 9.17) is 10.2 Å². The lowest BCUT2D eigenvalue weighted by molar-refractivity contribution is 0.456. The molecular weight excluding hydrogens is 278 g/mol. The number of hydrogen-bond acceptors (Lipinski definition) is 3. The molecule has 0 N–H and O–H groups in total. The van der Waals surface area contributed by atoms with Crippen LogP contribution in [0, 0.1) is 17.2 Å². The molecule has 1 aliphatic heterocycles. The summed E-state index contributed by atoms with van der Waals surface area (Å²) < 4.78 is 2.35. The lowest BCUT2D eigenvalue weighted by Crippen LogP contribution is -2.16. The minimum atomic E-state index is 0.399. The molecule has 0 unspecified atom stereocenters. The smallest absolute Gasteiger partial charge is 0.110 e. The fourth-order valence-corrected chi connectivity index (χ4v) is 4.35. The second-order valence-electron chi connectivity index (χ2n) is 6.07. The summed E-state index contributed by atoms with van der Waals surface area (Å²) in [6.45, 7) is 4.42. The van der Waals surface area contributed by atoms with Gasteiger partial charge in [0.15, 0.2) is 0 Å². The Hall–Kier alpha value is -1.47. The predicted octanol–water partition coefficient (Wildman–Crippen LogP) is 4.17. The first-order valence-corrected chi connectivity index (χ1v) is 8.83. The van der Waals surface area contributed by atoms with E-state index in [-0.39, 0.29) is 0 Å². The van der Waals surface area contributed by atoms with Crippen LogP contribution in [-0.4, -0.2) is 21.1 Å². The number of benzene rings is 1. The van der Waals surface area contributed by atoms with Crippen molar-refractivity contribution in [1.29, 1.82) is 5.26 Å². The number of imidazole rings is 1. The molecule has 1 fully saturated rings. The second kappa shape index (κ2) is 6.11. The molecule has 21 heavy (non-hydrogen) atoms. The van der Waals surface area contributed by atoms with Gasteiger partial charge in [0.05, 0.1) is 22.7 Å². The summed E-state index contributed by atoms with van der Waals surface area (Å²) >= 11 is 2.07. The highest BCUT2D eigenvalue weighted by Gasteiger charge is 2.20. The third-order valence-electron chi connectivity index (χ3n) is 4.22. The van der Waals surface area contributed by atoms with Crippen molar-refractivity contribution in [1.82, 2.24) is 9.55 Å². The van der Waals surface area contributed by atoms with Crippen LogP contribution in [0.2, 0.25) is 0 Å². The number of aromatic nitrogens is 2. The molecule has 0 saturated carbocycles.